The zero-order chi connectivity index (χ0) is 24.3. The fourth-order valence-corrected chi connectivity index (χ4v) is 5.11. The molecule has 1 amide bonds. The van der Waals surface area contributed by atoms with Gasteiger partial charge in [0, 0.05) is 35.3 Å². The number of rotatable bonds is 8. The molecule has 0 saturated carbocycles. The first-order valence-corrected chi connectivity index (χ1v) is 12.1. The van der Waals surface area contributed by atoms with Crippen molar-refractivity contribution in [2.45, 2.75) is 57.1 Å². The van der Waals surface area contributed by atoms with Gasteiger partial charge in [0.2, 0.25) is 5.91 Å². The Morgan fingerprint density at radius 1 is 1.21 bits per heavy atom. The van der Waals surface area contributed by atoms with Gasteiger partial charge in [-0.1, -0.05) is 24.3 Å². The highest BCUT2D eigenvalue weighted by atomic mass is 32.1. The smallest absolute Gasteiger partial charge is 0.377 e. The zero-order valence-corrected chi connectivity index (χ0v) is 19.6. The van der Waals surface area contributed by atoms with Gasteiger partial charge in [-0.2, -0.15) is 18.3 Å². The second-order valence-corrected chi connectivity index (χ2v) is 9.44. The predicted molar refractivity (Wildman–Crippen MR) is 125 cm³/mol. The monoisotopic (exact) mass is 492 g/mol. The molecule has 0 fully saturated rings. The van der Waals surface area contributed by atoms with Crippen LogP contribution in [0.15, 0.2) is 47.8 Å². The van der Waals surface area contributed by atoms with E-state index in [2.05, 4.69) is 10.4 Å². The molecule has 0 spiro atoms. The number of carbonyl (C=O) groups excluding carboxylic acids is 1. The van der Waals surface area contributed by atoms with Crippen LogP contribution in [0.3, 0.4) is 0 Å². The Morgan fingerprint density at radius 2 is 1.94 bits per heavy atom. The summed E-state index contributed by atoms with van der Waals surface area (Å²) in [4.78, 5) is 15.8. The molecule has 0 bridgehead atoms. The first kappa shape index (κ1) is 24.4. The number of fused-ring (bicyclic) bond motifs is 1. The molecule has 0 radical (unpaired) electrons. The average Bonchev–Trinajstić information content (AvgIpc) is 3.46. The van der Waals surface area contributed by atoms with Crippen LogP contribution in [0.2, 0.25) is 0 Å². The first-order valence-electron chi connectivity index (χ1n) is 11.2. The summed E-state index contributed by atoms with van der Waals surface area (Å²) in [5.74, 6) is -0.253. The highest BCUT2D eigenvalue weighted by Crippen LogP contribution is 2.35. The largest absolute Gasteiger partial charge is 0.435 e. The molecule has 2 aromatic heterocycles. The van der Waals surface area contributed by atoms with E-state index in [9.17, 15) is 23.1 Å². The van der Waals surface area contributed by atoms with Gasteiger partial charge in [-0.15, -0.1) is 11.3 Å². The van der Waals surface area contributed by atoms with Crippen LogP contribution < -0.4 is 10.2 Å². The number of hydrogen-bond donors (Lipinski definition) is 2. The lowest BCUT2D eigenvalue weighted by molar-refractivity contribution is -0.142. The van der Waals surface area contributed by atoms with Crippen LogP contribution in [0.25, 0.3) is 0 Å². The van der Waals surface area contributed by atoms with Gasteiger partial charge in [-0.3, -0.25) is 14.8 Å². The molecule has 0 aliphatic heterocycles. The lowest BCUT2D eigenvalue weighted by atomic mass is 9.95. The number of thiophene rings is 1. The minimum absolute atomic E-state index is 0.179. The molecule has 182 valence electrons. The zero-order valence-electron chi connectivity index (χ0n) is 18.8. The van der Waals surface area contributed by atoms with Crippen LogP contribution in [-0.4, -0.2) is 40.1 Å². The van der Waals surface area contributed by atoms with Crippen molar-refractivity contribution in [2.24, 2.45) is 0 Å². The number of aliphatic hydroxyl groups excluding tert-OH is 1. The van der Waals surface area contributed by atoms with Gasteiger partial charge in [0.15, 0.2) is 5.69 Å². The number of benzene rings is 1. The number of aliphatic hydroxyl groups is 1. The molecular weight excluding hydrogens is 465 g/mol. The normalized spacial score (nSPS) is 15.6. The van der Waals surface area contributed by atoms with E-state index in [1.807, 2.05) is 47.8 Å². The number of amides is 1. The number of para-hydroxylation sites is 1. The molecule has 1 aliphatic rings. The van der Waals surface area contributed by atoms with Crippen molar-refractivity contribution in [3.63, 3.8) is 0 Å². The van der Waals surface area contributed by atoms with E-state index in [0.717, 1.165) is 11.3 Å². The molecule has 1 unspecified atom stereocenters. The summed E-state index contributed by atoms with van der Waals surface area (Å²) < 4.78 is 41.8. The maximum Gasteiger partial charge on any atom is 0.435 e. The molecule has 1 aliphatic carbocycles. The first-order chi connectivity index (χ1) is 16.2. The van der Waals surface area contributed by atoms with E-state index in [-0.39, 0.29) is 18.0 Å². The van der Waals surface area contributed by atoms with Crippen molar-refractivity contribution in [1.29, 1.82) is 0 Å². The van der Waals surface area contributed by atoms with Gasteiger partial charge in [-0.25, -0.2) is 0 Å². The molecule has 0 saturated heterocycles. The second kappa shape index (κ2) is 10.3. The number of alkyl halides is 3. The van der Waals surface area contributed by atoms with E-state index in [1.165, 1.54) is 20.9 Å². The molecule has 3 aromatic rings. The van der Waals surface area contributed by atoms with Crippen molar-refractivity contribution in [2.75, 3.05) is 11.9 Å². The van der Waals surface area contributed by atoms with Gasteiger partial charge in [0.25, 0.3) is 0 Å². The Kier molecular flexibility index (Phi) is 7.39. The van der Waals surface area contributed by atoms with Gasteiger partial charge in [0.1, 0.15) is 6.23 Å². The molecule has 4 rings (SSSR count). The Balaban J connectivity index is 1.54. The van der Waals surface area contributed by atoms with Gasteiger partial charge in [0.05, 0.1) is 12.6 Å². The lowest BCUT2D eigenvalue weighted by Crippen LogP contribution is -2.51. The second-order valence-electron chi connectivity index (χ2n) is 8.41. The topological polar surface area (TPSA) is 70.4 Å². The summed E-state index contributed by atoms with van der Waals surface area (Å²) in [5, 5.41) is 19.5. The molecule has 2 N–H and O–H groups in total. The summed E-state index contributed by atoms with van der Waals surface area (Å²) in [6, 6.07) is 12.1. The third kappa shape index (κ3) is 5.51. The van der Waals surface area contributed by atoms with Crippen molar-refractivity contribution in [3.8, 4) is 0 Å². The summed E-state index contributed by atoms with van der Waals surface area (Å²) in [5.41, 5.74) is 0.572. The number of hydrogen-bond acceptors (Lipinski definition) is 5. The summed E-state index contributed by atoms with van der Waals surface area (Å²) >= 11 is 1.50. The summed E-state index contributed by atoms with van der Waals surface area (Å²) in [6.45, 7) is -0.179. The van der Waals surface area contributed by atoms with Crippen LogP contribution in [0.1, 0.15) is 34.7 Å². The minimum atomic E-state index is -4.54. The number of likely N-dealkylation sites (N-methyl/N-ethyl adjacent to an activating group) is 1. The maximum atomic E-state index is 13.5. The molecule has 1 aromatic carbocycles. The molecule has 6 nitrogen and oxygen atoms in total. The molecule has 10 heteroatoms. The predicted octanol–water partition coefficient (Wildman–Crippen LogP) is 4.02. The van der Waals surface area contributed by atoms with Gasteiger partial charge in [-0.05, 0) is 49.3 Å². The number of carbonyl (C=O) groups is 1. The highest BCUT2D eigenvalue weighted by Gasteiger charge is 2.39. The summed E-state index contributed by atoms with van der Waals surface area (Å²) in [7, 11) is 1.66. The lowest BCUT2D eigenvalue weighted by Gasteiger charge is -2.27. The standard InChI is InChI=1S/C24H27F3N4O2S/c1-30(16-8-3-2-4-9-16)23(33)19(14-17-10-7-13-34-17)28-21(32)15-31-20-12-6-5-11-18(20)22(29-31)24(25,26)27/h2-4,7-10,13,19,21,28,32H,5-6,11-12,14-15H2,1H3/t19-,21?/m0/s1. The van der Waals surface area contributed by atoms with Crippen LogP contribution in [0, 0.1) is 0 Å². The molecule has 2 atom stereocenters. The SMILES string of the molecule is CN(C(=O)[C@H](Cc1cccs1)NC(O)Cn1nc(C(F)(F)F)c2c1CCCC2)c1ccccc1. The van der Waals surface area contributed by atoms with Crippen molar-refractivity contribution >= 4 is 22.9 Å². The minimum Gasteiger partial charge on any atom is -0.377 e. The molecule has 34 heavy (non-hydrogen) atoms. The highest BCUT2D eigenvalue weighted by molar-refractivity contribution is 7.09. The van der Waals surface area contributed by atoms with Crippen LogP contribution in [-0.2, 0) is 36.8 Å². The fourth-order valence-electron chi connectivity index (χ4n) is 4.36. The maximum absolute atomic E-state index is 13.5. The Morgan fingerprint density at radius 3 is 2.62 bits per heavy atom. The molecule has 2 heterocycles. The quantitative estimate of drug-likeness (QED) is 0.466. The van der Waals surface area contributed by atoms with Crippen LogP contribution in [0.4, 0.5) is 18.9 Å². The van der Waals surface area contributed by atoms with E-state index < -0.39 is 24.1 Å². The van der Waals surface area contributed by atoms with E-state index >= 15 is 0 Å². The van der Waals surface area contributed by atoms with E-state index in [4.69, 9.17) is 0 Å². The van der Waals surface area contributed by atoms with Gasteiger partial charge < -0.3 is 10.0 Å². The number of anilines is 1. The third-order valence-corrected chi connectivity index (χ3v) is 6.92. The van der Waals surface area contributed by atoms with Crippen LogP contribution >= 0.6 is 11.3 Å². The summed E-state index contributed by atoms with van der Waals surface area (Å²) in [6.07, 6.45) is -3.18. The van der Waals surface area contributed by atoms with E-state index in [1.54, 1.807) is 7.05 Å². The number of nitrogens with one attached hydrogen (secondary N) is 1. The third-order valence-electron chi connectivity index (χ3n) is 6.02. The van der Waals surface area contributed by atoms with E-state index in [0.29, 0.717) is 37.1 Å². The van der Waals surface area contributed by atoms with Crippen molar-refractivity contribution < 1.29 is 23.1 Å². The Hall–Kier alpha value is -2.69. The number of nitrogens with zero attached hydrogens (tertiary/aromatic N) is 3. The van der Waals surface area contributed by atoms with Crippen molar-refractivity contribution in [3.05, 3.63) is 69.7 Å². The number of aromatic nitrogens is 2. The fraction of sp³-hybridized carbons (Fsp3) is 0.417. The molecular formula is C24H27F3N4O2S. The Bertz CT molecular complexity index is 1100. The Labute approximate surface area is 200 Å². The van der Waals surface area contributed by atoms with Crippen molar-refractivity contribution in [1.82, 2.24) is 15.1 Å². The number of halogens is 3. The van der Waals surface area contributed by atoms with Gasteiger partial charge >= 0.3 is 6.18 Å². The average molecular weight is 493 g/mol. The van der Waals surface area contributed by atoms with Crippen LogP contribution in [0.5, 0.6) is 0 Å².